The van der Waals surface area contributed by atoms with Crippen LogP contribution in [0.25, 0.3) is 0 Å². The van der Waals surface area contributed by atoms with Crippen LogP contribution in [0.1, 0.15) is 19.3 Å². The number of carbonyl (C=O) groups excluding carboxylic acids is 2. The topological polar surface area (TPSA) is 82.1 Å². The first-order chi connectivity index (χ1) is 11.0. The Kier molecular flexibility index (Phi) is 6.59. The zero-order chi connectivity index (χ0) is 16.8. The van der Waals surface area contributed by atoms with Crippen molar-refractivity contribution < 1.29 is 19.4 Å². The van der Waals surface area contributed by atoms with Gasteiger partial charge in [-0.2, -0.15) is 12.6 Å². The van der Waals surface area contributed by atoms with Crippen molar-refractivity contribution in [3.05, 3.63) is 12.7 Å². The van der Waals surface area contributed by atoms with E-state index in [-0.39, 0.29) is 30.0 Å². The molecule has 0 aliphatic carbocycles. The third kappa shape index (κ3) is 5.04. The molecule has 23 heavy (non-hydrogen) atoms. The Labute approximate surface area is 142 Å². The Morgan fingerprint density at radius 3 is 2.74 bits per heavy atom. The summed E-state index contributed by atoms with van der Waals surface area (Å²) in [6.07, 6.45) is 2.74. The first-order valence-corrected chi connectivity index (χ1v) is 8.46. The predicted octanol–water partition coefficient (Wildman–Crippen LogP) is 0.848. The Bertz CT molecular complexity index is 440. The fourth-order valence-corrected chi connectivity index (χ4v) is 3.33. The summed E-state index contributed by atoms with van der Waals surface area (Å²) >= 11 is 4.43. The lowest BCUT2D eigenvalue weighted by Crippen LogP contribution is -2.49. The van der Waals surface area contributed by atoms with Gasteiger partial charge in [0.25, 0.3) is 0 Å². The molecule has 0 aromatic rings. The van der Waals surface area contributed by atoms with Gasteiger partial charge in [-0.15, -0.1) is 0 Å². The molecule has 0 unspecified atom stereocenters. The van der Waals surface area contributed by atoms with Crippen LogP contribution in [0.4, 0.5) is 9.59 Å². The molecule has 2 N–H and O–H groups in total. The van der Waals surface area contributed by atoms with Crippen LogP contribution in [0.15, 0.2) is 12.7 Å². The van der Waals surface area contributed by atoms with Gasteiger partial charge in [0.15, 0.2) is 0 Å². The van der Waals surface area contributed by atoms with Gasteiger partial charge in [0.2, 0.25) is 0 Å². The average Bonchev–Trinajstić information content (AvgIpc) is 2.92. The van der Waals surface area contributed by atoms with Crippen LogP contribution in [0.5, 0.6) is 0 Å². The number of amides is 3. The molecule has 2 aliphatic rings. The summed E-state index contributed by atoms with van der Waals surface area (Å²) in [5, 5.41) is 12.4. The zero-order valence-corrected chi connectivity index (χ0v) is 14.1. The van der Waals surface area contributed by atoms with Gasteiger partial charge in [-0.05, 0) is 19.3 Å². The van der Waals surface area contributed by atoms with Crippen LogP contribution >= 0.6 is 12.6 Å². The summed E-state index contributed by atoms with van der Waals surface area (Å²) in [5.41, 5.74) is 0. The maximum Gasteiger partial charge on any atom is 0.410 e. The molecule has 2 rings (SSSR count). The van der Waals surface area contributed by atoms with E-state index < -0.39 is 6.09 Å². The molecular weight excluding hydrogens is 318 g/mol. The minimum absolute atomic E-state index is 0.0818. The summed E-state index contributed by atoms with van der Waals surface area (Å²) in [7, 11) is 0. The van der Waals surface area contributed by atoms with E-state index in [2.05, 4.69) is 24.5 Å². The fourth-order valence-electron chi connectivity index (χ4n) is 2.91. The number of piperidine rings is 1. The van der Waals surface area contributed by atoms with Crippen molar-refractivity contribution in [2.75, 3.05) is 32.8 Å². The SMILES string of the molecule is C=CCOC(=O)N1C[C@@H](S)C[C@H]1CNC(=O)N1CCC(O)CC1. The largest absolute Gasteiger partial charge is 0.445 e. The van der Waals surface area contributed by atoms with Crippen molar-refractivity contribution in [2.24, 2.45) is 0 Å². The molecular formula is C15H25N3O4S. The maximum absolute atomic E-state index is 12.2. The number of hydrogen-bond acceptors (Lipinski definition) is 5. The summed E-state index contributed by atoms with van der Waals surface area (Å²) in [6.45, 7) is 5.68. The van der Waals surface area contributed by atoms with Crippen LogP contribution < -0.4 is 5.32 Å². The summed E-state index contributed by atoms with van der Waals surface area (Å²) < 4.78 is 5.07. The lowest BCUT2D eigenvalue weighted by Gasteiger charge is -2.31. The van der Waals surface area contributed by atoms with Gasteiger partial charge in [0, 0.05) is 31.4 Å². The molecule has 3 amide bonds. The normalized spacial score (nSPS) is 25.3. The summed E-state index contributed by atoms with van der Waals surface area (Å²) in [4.78, 5) is 27.5. The number of nitrogens with zero attached hydrogens (tertiary/aromatic N) is 2. The van der Waals surface area contributed by atoms with Crippen molar-refractivity contribution >= 4 is 24.8 Å². The number of aliphatic hydroxyl groups excluding tert-OH is 1. The molecule has 2 heterocycles. The summed E-state index contributed by atoms with van der Waals surface area (Å²) in [5.74, 6) is 0. The first kappa shape index (κ1) is 17.9. The standard InChI is InChI=1S/C15H25N3O4S/c1-2-7-22-15(21)18-10-13(23)8-11(18)9-16-14(20)17-5-3-12(19)4-6-17/h2,11-13,19,23H,1,3-10H2,(H,16,20)/t11-,13-/m0/s1. The van der Waals surface area contributed by atoms with Gasteiger partial charge in [-0.25, -0.2) is 9.59 Å². The fraction of sp³-hybridized carbons (Fsp3) is 0.733. The van der Waals surface area contributed by atoms with Crippen molar-refractivity contribution in [3.8, 4) is 0 Å². The molecule has 0 saturated carbocycles. The second-order valence-corrected chi connectivity index (χ2v) is 6.70. The Morgan fingerprint density at radius 2 is 2.09 bits per heavy atom. The quantitative estimate of drug-likeness (QED) is 0.522. The number of thiol groups is 1. The minimum atomic E-state index is -0.401. The highest BCUT2D eigenvalue weighted by Crippen LogP contribution is 2.22. The number of likely N-dealkylation sites (tertiary alicyclic amines) is 2. The number of carbonyl (C=O) groups is 2. The number of rotatable bonds is 4. The van der Waals surface area contributed by atoms with E-state index in [0.717, 1.165) is 0 Å². The molecule has 7 nitrogen and oxygen atoms in total. The van der Waals surface area contributed by atoms with Gasteiger partial charge in [-0.1, -0.05) is 12.7 Å². The average molecular weight is 343 g/mol. The van der Waals surface area contributed by atoms with Crippen molar-refractivity contribution in [1.82, 2.24) is 15.1 Å². The lowest BCUT2D eigenvalue weighted by atomic mass is 10.1. The van der Waals surface area contributed by atoms with Gasteiger partial charge in [0.05, 0.1) is 12.1 Å². The van der Waals surface area contributed by atoms with E-state index in [1.54, 1.807) is 9.80 Å². The van der Waals surface area contributed by atoms with Gasteiger partial charge >= 0.3 is 12.1 Å². The number of aliphatic hydroxyl groups is 1. The van der Waals surface area contributed by atoms with Crippen LogP contribution in [0.2, 0.25) is 0 Å². The predicted molar refractivity (Wildman–Crippen MR) is 89.6 cm³/mol. The lowest BCUT2D eigenvalue weighted by molar-refractivity contribution is 0.0913. The third-order valence-corrected chi connectivity index (χ3v) is 4.57. The summed E-state index contributed by atoms with van der Waals surface area (Å²) in [6, 6.07) is -0.270. The van der Waals surface area contributed by atoms with Crippen molar-refractivity contribution in [2.45, 2.75) is 36.7 Å². The van der Waals surface area contributed by atoms with E-state index >= 15 is 0 Å². The highest BCUT2D eigenvalue weighted by molar-refractivity contribution is 7.81. The smallest absolute Gasteiger partial charge is 0.410 e. The van der Waals surface area contributed by atoms with E-state index in [0.29, 0.717) is 45.4 Å². The Morgan fingerprint density at radius 1 is 1.39 bits per heavy atom. The highest BCUT2D eigenvalue weighted by atomic mass is 32.1. The van der Waals surface area contributed by atoms with E-state index in [9.17, 15) is 14.7 Å². The van der Waals surface area contributed by atoms with Gasteiger partial charge < -0.3 is 25.0 Å². The Hall–Kier alpha value is -1.41. The molecule has 2 aliphatic heterocycles. The van der Waals surface area contributed by atoms with Crippen LogP contribution in [0.3, 0.4) is 0 Å². The molecule has 8 heteroatoms. The zero-order valence-electron chi connectivity index (χ0n) is 13.2. The number of hydrogen-bond donors (Lipinski definition) is 3. The van der Waals surface area contributed by atoms with E-state index in [1.807, 2.05) is 0 Å². The minimum Gasteiger partial charge on any atom is -0.445 e. The van der Waals surface area contributed by atoms with E-state index in [1.165, 1.54) is 6.08 Å². The molecule has 0 aromatic heterocycles. The van der Waals surface area contributed by atoms with E-state index in [4.69, 9.17) is 4.74 Å². The van der Waals surface area contributed by atoms with Crippen LogP contribution in [0, 0.1) is 0 Å². The maximum atomic E-state index is 12.2. The third-order valence-electron chi connectivity index (χ3n) is 4.19. The van der Waals surface area contributed by atoms with Gasteiger partial charge in [-0.3, -0.25) is 0 Å². The van der Waals surface area contributed by atoms with Crippen molar-refractivity contribution in [1.29, 1.82) is 0 Å². The number of ether oxygens (including phenoxy) is 1. The molecule has 2 saturated heterocycles. The first-order valence-electron chi connectivity index (χ1n) is 7.94. The Balaban J connectivity index is 1.81. The second kappa shape index (κ2) is 8.44. The molecule has 0 spiro atoms. The monoisotopic (exact) mass is 343 g/mol. The molecule has 0 aromatic carbocycles. The molecule has 130 valence electrons. The number of urea groups is 1. The second-order valence-electron chi connectivity index (χ2n) is 5.97. The van der Waals surface area contributed by atoms with Crippen molar-refractivity contribution in [3.63, 3.8) is 0 Å². The highest BCUT2D eigenvalue weighted by Gasteiger charge is 2.35. The molecule has 2 fully saturated rings. The molecule has 2 atom stereocenters. The molecule has 0 bridgehead atoms. The van der Waals surface area contributed by atoms with Gasteiger partial charge in [0.1, 0.15) is 6.61 Å². The number of nitrogens with one attached hydrogen (secondary N) is 1. The molecule has 0 radical (unpaired) electrons. The van der Waals surface area contributed by atoms with Crippen LogP contribution in [-0.2, 0) is 4.74 Å². The van der Waals surface area contributed by atoms with Crippen LogP contribution in [-0.4, -0.2) is 77.2 Å².